The number of aliphatic hydroxyl groups is 1. The minimum atomic E-state index is -1.06. The summed E-state index contributed by atoms with van der Waals surface area (Å²) < 4.78 is 5.00. The van der Waals surface area contributed by atoms with Crippen molar-refractivity contribution in [2.75, 3.05) is 7.11 Å². The molecule has 70 valence electrons. The van der Waals surface area contributed by atoms with Crippen molar-refractivity contribution in [3.8, 4) is 6.07 Å². The van der Waals surface area contributed by atoms with E-state index in [1.54, 1.807) is 13.8 Å². The molecule has 0 saturated carbocycles. The molecule has 0 radical (unpaired) electrons. The fourth-order valence-electron chi connectivity index (χ4n) is 1.16. The summed E-state index contributed by atoms with van der Waals surface area (Å²) >= 11 is 0. The summed E-state index contributed by atoms with van der Waals surface area (Å²) in [6.07, 6.45) is 0.319. The molecule has 0 saturated heterocycles. The highest BCUT2D eigenvalue weighted by molar-refractivity contribution is 4.98. The molecule has 0 heterocycles. The van der Waals surface area contributed by atoms with Crippen LogP contribution in [0.4, 0.5) is 0 Å². The second-order valence-corrected chi connectivity index (χ2v) is 3.19. The Morgan fingerprint density at radius 3 is 2.42 bits per heavy atom. The van der Waals surface area contributed by atoms with Crippen molar-refractivity contribution in [1.82, 2.24) is 0 Å². The van der Waals surface area contributed by atoms with Gasteiger partial charge in [-0.05, 0) is 20.3 Å². The standard InChI is InChI=1S/C9H17NO2/c1-5-8(6-10)9(3,11)7(2)12-4/h7-8,11H,5H2,1-4H3. The maximum atomic E-state index is 9.90. The van der Waals surface area contributed by atoms with Crippen LogP contribution < -0.4 is 0 Å². The lowest BCUT2D eigenvalue weighted by atomic mass is 9.84. The van der Waals surface area contributed by atoms with Crippen molar-refractivity contribution < 1.29 is 9.84 Å². The molecule has 0 amide bonds. The molecule has 1 N–H and O–H groups in total. The van der Waals surface area contributed by atoms with E-state index in [9.17, 15) is 5.11 Å². The van der Waals surface area contributed by atoms with E-state index in [1.807, 2.05) is 6.92 Å². The van der Waals surface area contributed by atoms with Gasteiger partial charge in [-0.25, -0.2) is 0 Å². The highest BCUT2D eigenvalue weighted by atomic mass is 16.5. The molecule has 0 aromatic heterocycles. The Morgan fingerprint density at radius 1 is 1.67 bits per heavy atom. The van der Waals surface area contributed by atoms with E-state index in [0.717, 1.165) is 0 Å². The van der Waals surface area contributed by atoms with Crippen molar-refractivity contribution in [2.45, 2.75) is 38.9 Å². The van der Waals surface area contributed by atoms with Crippen LogP contribution >= 0.6 is 0 Å². The van der Waals surface area contributed by atoms with Crippen molar-refractivity contribution in [1.29, 1.82) is 5.26 Å². The van der Waals surface area contributed by atoms with Crippen molar-refractivity contribution in [3.05, 3.63) is 0 Å². The number of nitriles is 1. The van der Waals surface area contributed by atoms with Gasteiger partial charge in [-0.15, -0.1) is 0 Å². The van der Waals surface area contributed by atoms with Crippen LogP contribution in [0.15, 0.2) is 0 Å². The predicted molar refractivity (Wildman–Crippen MR) is 46.5 cm³/mol. The van der Waals surface area contributed by atoms with E-state index in [2.05, 4.69) is 6.07 Å². The zero-order valence-corrected chi connectivity index (χ0v) is 8.16. The second-order valence-electron chi connectivity index (χ2n) is 3.19. The largest absolute Gasteiger partial charge is 0.386 e. The van der Waals surface area contributed by atoms with Gasteiger partial charge in [0, 0.05) is 7.11 Å². The first-order chi connectivity index (χ1) is 5.50. The predicted octanol–water partition coefficient (Wildman–Crippen LogP) is 1.32. The van der Waals surface area contributed by atoms with E-state index in [-0.39, 0.29) is 12.0 Å². The minimum absolute atomic E-state index is 0.318. The monoisotopic (exact) mass is 171 g/mol. The molecule has 0 aromatic rings. The maximum Gasteiger partial charge on any atom is 0.103 e. The second kappa shape index (κ2) is 4.44. The van der Waals surface area contributed by atoms with Crippen LogP contribution in [0, 0.1) is 17.2 Å². The Kier molecular flexibility index (Phi) is 4.22. The summed E-state index contributed by atoms with van der Waals surface area (Å²) in [6, 6.07) is 2.08. The average Bonchev–Trinajstić information content (AvgIpc) is 2.04. The molecular weight excluding hydrogens is 154 g/mol. The number of nitrogens with zero attached hydrogens (tertiary/aromatic N) is 1. The van der Waals surface area contributed by atoms with Gasteiger partial charge in [0.15, 0.2) is 0 Å². The van der Waals surface area contributed by atoms with Crippen LogP contribution in [0.25, 0.3) is 0 Å². The Bertz CT molecular complexity index is 172. The van der Waals surface area contributed by atoms with Gasteiger partial charge in [0.05, 0.1) is 18.1 Å². The molecule has 0 aliphatic rings. The molecular formula is C9H17NO2. The minimum Gasteiger partial charge on any atom is -0.386 e. The molecule has 3 nitrogen and oxygen atoms in total. The summed E-state index contributed by atoms with van der Waals surface area (Å²) in [4.78, 5) is 0. The topological polar surface area (TPSA) is 53.2 Å². The van der Waals surface area contributed by atoms with Gasteiger partial charge in [0.2, 0.25) is 0 Å². The molecule has 3 heteroatoms. The lowest BCUT2D eigenvalue weighted by Crippen LogP contribution is -2.44. The molecule has 0 fully saturated rings. The first-order valence-electron chi connectivity index (χ1n) is 4.15. The quantitative estimate of drug-likeness (QED) is 0.694. The molecule has 0 rings (SSSR count). The highest BCUT2D eigenvalue weighted by Gasteiger charge is 2.36. The van der Waals surface area contributed by atoms with Gasteiger partial charge in [-0.1, -0.05) is 6.92 Å². The van der Waals surface area contributed by atoms with Gasteiger partial charge in [-0.2, -0.15) is 5.26 Å². The van der Waals surface area contributed by atoms with Crippen LogP contribution in [0.5, 0.6) is 0 Å². The van der Waals surface area contributed by atoms with Crippen LogP contribution in [0.1, 0.15) is 27.2 Å². The first-order valence-corrected chi connectivity index (χ1v) is 4.15. The van der Waals surface area contributed by atoms with E-state index >= 15 is 0 Å². The fourth-order valence-corrected chi connectivity index (χ4v) is 1.16. The van der Waals surface area contributed by atoms with E-state index in [4.69, 9.17) is 10.00 Å². The Balaban J connectivity index is 4.47. The Labute approximate surface area is 74.0 Å². The number of ether oxygens (including phenoxy) is 1. The molecule has 0 spiro atoms. The molecule has 3 unspecified atom stereocenters. The summed E-state index contributed by atoms with van der Waals surface area (Å²) in [5.74, 6) is -0.368. The molecule has 0 aromatic carbocycles. The van der Waals surface area contributed by atoms with E-state index in [1.165, 1.54) is 7.11 Å². The van der Waals surface area contributed by atoms with Crippen LogP contribution in [0.3, 0.4) is 0 Å². The molecule has 0 aliphatic carbocycles. The normalized spacial score (nSPS) is 20.7. The van der Waals surface area contributed by atoms with Gasteiger partial charge < -0.3 is 9.84 Å². The summed E-state index contributed by atoms with van der Waals surface area (Å²) in [5.41, 5.74) is -1.06. The van der Waals surface area contributed by atoms with E-state index < -0.39 is 5.60 Å². The average molecular weight is 171 g/mol. The third-order valence-corrected chi connectivity index (χ3v) is 2.45. The zero-order chi connectivity index (χ0) is 9.78. The molecule has 12 heavy (non-hydrogen) atoms. The molecule has 0 bridgehead atoms. The molecule has 0 aliphatic heterocycles. The zero-order valence-electron chi connectivity index (χ0n) is 8.16. The first kappa shape index (κ1) is 11.4. The summed E-state index contributed by atoms with van der Waals surface area (Å²) in [6.45, 7) is 5.28. The SMILES string of the molecule is CCC(C#N)C(C)(O)C(C)OC. The summed E-state index contributed by atoms with van der Waals surface area (Å²) in [7, 11) is 1.53. The summed E-state index contributed by atoms with van der Waals surface area (Å²) in [5, 5.41) is 18.6. The lowest BCUT2D eigenvalue weighted by Gasteiger charge is -2.32. The maximum absolute atomic E-state index is 9.90. The highest BCUT2D eigenvalue weighted by Crippen LogP contribution is 2.24. The van der Waals surface area contributed by atoms with Crippen LogP contribution in [-0.4, -0.2) is 23.9 Å². The van der Waals surface area contributed by atoms with Gasteiger partial charge in [0.1, 0.15) is 5.60 Å². The van der Waals surface area contributed by atoms with Crippen molar-refractivity contribution in [2.24, 2.45) is 5.92 Å². The van der Waals surface area contributed by atoms with Crippen LogP contribution in [0.2, 0.25) is 0 Å². The third-order valence-electron chi connectivity index (χ3n) is 2.45. The fraction of sp³-hybridized carbons (Fsp3) is 0.889. The lowest BCUT2D eigenvalue weighted by molar-refractivity contribution is -0.0959. The molecule has 3 atom stereocenters. The third kappa shape index (κ3) is 2.20. The Hall–Kier alpha value is -0.590. The van der Waals surface area contributed by atoms with E-state index in [0.29, 0.717) is 6.42 Å². The van der Waals surface area contributed by atoms with Crippen molar-refractivity contribution in [3.63, 3.8) is 0 Å². The number of hydrogen-bond acceptors (Lipinski definition) is 3. The van der Waals surface area contributed by atoms with Gasteiger partial charge >= 0.3 is 0 Å². The van der Waals surface area contributed by atoms with Crippen molar-refractivity contribution >= 4 is 0 Å². The number of methoxy groups -OCH3 is 1. The number of hydrogen-bond donors (Lipinski definition) is 1. The van der Waals surface area contributed by atoms with Crippen LogP contribution in [-0.2, 0) is 4.74 Å². The number of rotatable bonds is 4. The van der Waals surface area contributed by atoms with Gasteiger partial charge in [-0.3, -0.25) is 0 Å². The Morgan fingerprint density at radius 2 is 2.17 bits per heavy atom. The smallest absolute Gasteiger partial charge is 0.103 e. The van der Waals surface area contributed by atoms with Gasteiger partial charge in [0.25, 0.3) is 0 Å².